The summed E-state index contributed by atoms with van der Waals surface area (Å²) in [6.07, 6.45) is 3.27. The highest BCUT2D eigenvalue weighted by molar-refractivity contribution is 5.92. The Morgan fingerprint density at radius 1 is 1.29 bits per heavy atom. The molecule has 0 aromatic heterocycles. The largest absolute Gasteiger partial charge is 0.454 e. The Labute approximate surface area is 149 Å². The second-order valence-electron chi connectivity index (χ2n) is 6.07. The molecule has 3 rings (SSSR count). The summed E-state index contributed by atoms with van der Waals surface area (Å²) in [5.41, 5.74) is 0.751. The molecule has 1 aromatic carbocycles. The number of piperidine rings is 1. The summed E-state index contributed by atoms with van der Waals surface area (Å²) in [7, 11) is 0. The maximum absolute atomic E-state index is 12.4. The predicted octanol–water partition coefficient (Wildman–Crippen LogP) is 2.24. The molecule has 1 aromatic rings. The van der Waals surface area contributed by atoms with Crippen molar-refractivity contribution in [3.05, 3.63) is 18.2 Å². The first kappa shape index (κ1) is 18.8. The van der Waals surface area contributed by atoms with E-state index in [0.717, 1.165) is 50.3 Å². The van der Waals surface area contributed by atoms with Crippen molar-refractivity contribution in [1.29, 1.82) is 0 Å². The Bertz CT molecular complexity index is 550. The minimum Gasteiger partial charge on any atom is -0.454 e. The van der Waals surface area contributed by atoms with E-state index < -0.39 is 0 Å². The van der Waals surface area contributed by atoms with Crippen LogP contribution in [0.1, 0.15) is 26.2 Å². The fraction of sp³-hybridized carbons (Fsp3) is 0.588. The van der Waals surface area contributed by atoms with Crippen LogP contribution in [0.2, 0.25) is 0 Å². The van der Waals surface area contributed by atoms with E-state index >= 15 is 0 Å². The maximum atomic E-state index is 12.4. The van der Waals surface area contributed by atoms with Crippen molar-refractivity contribution in [1.82, 2.24) is 10.2 Å². The van der Waals surface area contributed by atoms with Gasteiger partial charge in [-0.25, -0.2) is 0 Å². The van der Waals surface area contributed by atoms with E-state index in [1.54, 1.807) is 0 Å². The van der Waals surface area contributed by atoms with Gasteiger partial charge in [-0.1, -0.05) is 6.92 Å². The molecule has 6 nitrogen and oxygen atoms in total. The number of hydrogen-bond acceptors (Lipinski definition) is 5. The Balaban J connectivity index is 0.00000208. The van der Waals surface area contributed by atoms with Crippen molar-refractivity contribution in [2.45, 2.75) is 32.2 Å². The molecule has 0 bridgehead atoms. The molecule has 0 aliphatic carbocycles. The fourth-order valence-electron chi connectivity index (χ4n) is 3.21. The minimum atomic E-state index is 0. The second-order valence-corrected chi connectivity index (χ2v) is 6.07. The van der Waals surface area contributed by atoms with Gasteiger partial charge in [0.05, 0.1) is 6.54 Å². The molecule has 0 atom stereocenters. The molecule has 0 saturated carbocycles. The van der Waals surface area contributed by atoms with E-state index in [4.69, 9.17) is 9.47 Å². The lowest BCUT2D eigenvalue weighted by molar-refractivity contribution is -0.118. The van der Waals surface area contributed by atoms with E-state index in [2.05, 4.69) is 22.5 Å². The molecule has 2 aliphatic heterocycles. The standard InChI is InChI=1S/C17H25N3O3.ClH/c1-2-9-20(14-5-7-18-8-6-14)11-17(21)19-13-3-4-15-16(10-13)23-12-22-15;/h3-4,10,14,18H,2,5-9,11-12H2,1H3,(H,19,21);1H. The molecule has 134 valence electrons. The molecule has 7 heteroatoms. The van der Waals surface area contributed by atoms with Crippen LogP contribution in [0.4, 0.5) is 5.69 Å². The van der Waals surface area contributed by atoms with Crippen LogP contribution in [0.15, 0.2) is 18.2 Å². The smallest absolute Gasteiger partial charge is 0.238 e. The molecule has 2 heterocycles. The summed E-state index contributed by atoms with van der Waals surface area (Å²) >= 11 is 0. The number of anilines is 1. The first-order valence-corrected chi connectivity index (χ1v) is 8.40. The Morgan fingerprint density at radius 3 is 2.79 bits per heavy atom. The monoisotopic (exact) mass is 355 g/mol. The number of carbonyl (C=O) groups is 1. The zero-order valence-electron chi connectivity index (χ0n) is 14.0. The van der Waals surface area contributed by atoms with Gasteiger partial charge in [0.15, 0.2) is 11.5 Å². The molecule has 1 amide bonds. The van der Waals surface area contributed by atoms with Crippen LogP contribution in [0.25, 0.3) is 0 Å². The average molecular weight is 356 g/mol. The number of hydrogen-bond donors (Lipinski definition) is 2. The number of amides is 1. The van der Waals surface area contributed by atoms with Gasteiger partial charge in [-0.2, -0.15) is 0 Å². The van der Waals surface area contributed by atoms with Crippen molar-refractivity contribution in [2.24, 2.45) is 0 Å². The van der Waals surface area contributed by atoms with Gasteiger partial charge in [0.25, 0.3) is 0 Å². The van der Waals surface area contributed by atoms with Crippen LogP contribution < -0.4 is 20.1 Å². The first-order chi connectivity index (χ1) is 11.3. The number of nitrogens with zero attached hydrogens (tertiary/aromatic N) is 1. The quantitative estimate of drug-likeness (QED) is 0.819. The highest BCUT2D eigenvalue weighted by Gasteiger charge is 2.22. The van der Waals surface area contributed by atoms with Crippen LogP contribution in [0.5, 0.6) is 11.5 Å². The van der Waals surface area contributed by atoms with Gasteiger partial charge in [0.1, 0.15) is 0 Å². The normalized spacial score (nSPS) is 16.8. The summed E-state index contributed by atoms with van der Waals surface area (Å²) in [6.45, 7) is 5.87. The van der Waals surface area contributed by atoms with E-state index in [9.17, 15) is 4.79 Å². The molecular weight excluding hydrogens is 330 g/mol. The number of ether oxygens (including phenoxy) is 2. The maximum Gasteiger partial charge on any atom is 0.238 e. The molecular formula is C17H26ClN3O3. The predicted molar refractivity (Wildman–Crippen MR) is 96.2 cm³/mol. The molecule has 0 spiro atoms. The number of nitrogens with one attached hydrogen (secondary N) is 2. The highest BCUT2D eigenvalue weighted by Crippen LogP contribution is 2.34. The molecule has 0 unspecified atom stereocenters. The van der Waals surface area contributed by atoms with Gasteiger partial charge in [0, 0.05) is 17.8 Å². The number of benzene rings is 1. The third-order valence-electron chi connectivity index (χ3n) is 4.34. The van der Waals surface area contributed by atoms with Gasteiger partial charge in [-0.15, -0.1) is 12.4 Å². The highest BCUT2D eigenvalue weighted by atomic mass is 35.5. The van der Waals surface area contributed by atoms with Crippen LogP contribution in [-0.4, -0.2) is 49.8 Å². The third-order valence-corrected chi connectivity index (χ3v) is 4.34. The molecule has 2 aliphatic rings. The van der Waals surface area contributed by atoms with Crippen molar-refractivity contribution >= 4 is 24.0 Å². The summed E-state index contributed by atoms with van der Waals surface area (Å²) in [5, 5.41) is 6.34. The van der Waals surface area contributed by atoms with Crippen LogP contribution in [0.3, 0.4) is 0 Å². The minimum absolute atomic E-state index is 0. The number of fused-ring (bicyclic) bond motifs is 1. The van der Waals surface area contributed by atoms with Crippen molar-refractivity contribution in [3.63, 3.8) is 0 Å². The summed E-state index contributed by atoms with van der Waals surface area (Å²) in [5.74, 6) is 1.44. The van der Waals surface area contributed by atoms with Gasteiger partial charge < -0.3 is 20.1 Å². The fourth-order valence-corrected chi connectivity index (χ4v) is 3.21. The zero-order chi connectivity index (χ0) is 16.1. The van der Waals surface area contributed by atoms with Crippen LogP contribution >= 0.6 is 12.4 Å². The number of rotatable bonds is 6. The van der Waals surface area contributed by atoms with Crippen molar-refractivity contribution < 1.29 is 14.3 Å². The van der Waals surface area contributed by atoms with Crippen molar-refractivity contribution in [3.8, 4) is 11.5 Å². The molecule has 1 saturated heterocycles. The molecule has 0 radical (unpaired) electrons. The summed E-state index contributed by atoms with van der Waals surface area (Å²) in [4.78, 5) is 14.7. The molecule has 1 fully saturated rings. The molecule has 24 heavy (non-hydrogen) atoms. The lowest BCUT2D eigenvalue weighted by Crippen LogP contribution is -2.46. The first-order valence-electron chi connectivity index (χ1n) is 8.40. The van der Waals surface area contributed by atoms with E-state index in [1.807, 2.05) is 18.2 Å². The zero-order valence-corrected chi connectivity index (χ0v) is 14.9. The Hall–Kier alpha value is -1.50. The Kier molecular flexibility index (Phi) is 7.15. The lowest BCUT2D eigenvalue weighted by Gasteiger charge is -2.34. The van der Waals surface area contributed by atoms with E-state index in [0.29, 0.717) is 18.3 Å². The Morgan fingerprint density at radius 2 is 2.04 bits per heavy atom. The SMILES string of the molecule is CCCN(CC(=O)Nc1ccc2c(c1)OCO2)C1CCNCC1.Cl. The van der Waals surface area contributed by atoms with Gasteiger partial charge in [-0.05, 0) is 51.0 Å². The second kappa shape index (κ2) is 9.11. The lowest BCUT2D eigenvalue weighted by atomic mass is 10.0. The van der Waals surface area contributed by atoms with Crippen molar-refractivity contribution in [2.75, 3.05) is 38.3 Å². The summed E-state index contributed by atoms with van der Waals surface area (Å²) in [6, 6.07) is 5.99. The molecule has 2 N–H and O–H groups in total. The number of halogens is 1. The number of carbonyl (C=O) groups excluding carboxylic acids is 1. The summed E-state index contributed by atoms with van der Waals surface area (Å²) < 4.78 is 10.6. The topological polar surface area (TPSA) is 62.8 Å². The average Bonchev–Trinajstić information content (AvgIpc) is 3.03. The van der Waals surface area contributed by atoms with E-state index in [-0.39, 0.29) is 25.1 Å². The van der Waals surface area contributed by atoms with Gasteiger partial charge in [0.2, 0.25) is 12.7 Å². The van der Waals surface area contributed by atoms with Gasteiger partial charge >= 0.3 is 0 Å². The third kappa shape index (κ3) is 4.75. The van der Waals surface area contributed by atoms with Gasteiger partial charge in [-0.3, -0.25) is 9.69 Å². The van der Waals surface area contributed by atoms with Crippen LogP contribution in [-0.2, 0) is 4.79 Å². The van der Waals surface area contributed by atoms with Crippen LogP contribution in [0, 0.1) is 0 Å². The van der Waals surface area contributed by atoms with E-state index in [1.165, 1.54) is 0 Å².